The Balaban J connectivity index is 4.54. The van der Waals surface area contributed by atoms with E-state index in [4.69, 9.17) is 14.2 Å². The van der Waals surface area contributed by atoms with Crippen molar-refractivity contribution in [3.8, 4) is 0 Å². The first-order chi connectivity index (χ1) is 30.0. The Morgan fingerprint density at radius 2 is 0.738 bits per heavy atom. The fraction of sp³-hybridized carbons (Fsp3) is 0.618. The summed E-state index contributed by atoms with van der Waals surface area (Å²) in [7, 11) is 0. The molecule has 0 aliphatic carbocycles. The van der Waals surface area contributed by atoms with Crippen molar-refractivity contribution in [1.82, 2.24) is 0 Å². The molecule has 344 valence electrons. The molecule has 0 fully saturated rings. The standard InChI is InChI=1S/C55H88O6/c1-4-7-10-13-16-19-22-25-26-27-28-31-33-36-39-42-45-48-54(57)60-51-52(61-55(58)49-46-43-40-37-34-30-24-21-18-15-12-9-6-3)50-59-53(56)47-44-41-38-35-32-29-23-20-17-14-11-8-5-2/h7,9-10,12,15-16,18-19,21,24-26,28-29,31-32,36,39,52H,4-6,8,11,13-14,17,20,22-23,27,30,33-35,37-38,40-51H2,1-3H3/b10-7+,12-9+,18-15+,19-16+,24-21+,26-25+,31-28+,32-29+,39-36+. The van der Waals surface area contributed by atoms with Gasteiger partial charge in [0.2, 0.25) is 0 Å². The van der Waals surface area contributed by atoms with Crippen LogP contribution in [0.1, 0.15) is 201 Å². The molecular formula is C55H88O6. The molecule has 0 saturated carbocycles. The number of ether oxygens (including phenoxy) is 3. The Labute approximate surface area is 374 Å². The zero-order valence-corrected chi connectivity index (χ0v) is 39.1. The first-order valence-electron chi connectivity index (χ1n) is 24.4. The lowest BCUT2D eigenvalue weighted by Crippen LogP contribution is -2.30. The Morgan fingerprint density at radius 3 is 1.28 bits per heavy atom. The fourth-order valence-electron chi connectivity index (χ4n) is 6.18. The smallest absolute Gasteiger partial charge is 0.306 e. The van der Waals surface area contributed by atoms with Crippen LogP contribution in [0.2, 0.25) is 0 Å². The molecule has 0 saturated heterocycles. The van der Waals surface area contributed by atoms with Crippen molar-refractivity contribution < 1.29 is 28.6 Å². The number of carbonyl (C=O) groups excluding carboxylic acids is 3. The van der Waals surface area contributed by atoms with Crippen molar-refractivity contribution in [2.24, 2.45) is 0 Å². The van der Waals surface area contributed by atoms with E-state index in [1.807, 2.05) is 6.08 Å². The third-order valence-electron chi connectivity index (χ3n) is 9.80. The van der Waals surface area contributed by atoms with Gasteiger partial charge in [0.25, 0.3) is 0 Å². The Hall–Kier alpha value is -3.93. The van der Waals surface area contributed by atoms with Crippen molar-refractivity contribution in [3.63, 3.8) is 0 Å². The highest BCUT2D eigenvalue weighted by molar-refractivity contribution is 5.71. The summed E-state index contributed by atoms with van der Waals surface area (Å²) >= 11 is 0. The Bertz CT molecular complexity index is 1290. The molecule has 0 aromatic heterocycles. The molecule has 0 aromatic carbocycles. The summed E-state index contributed by atoms with van der Waals surface area (Å²) in [4.78, 5) is 37.9. The van der Waals surface area contributed by atoms with Crippen LogP contribution in [0.4, 0.5) is 0 Å². The lowest BCUT2D eigenvalue weighted by Gasteiger charge is -2.18. The third kappa shape index (κ3) is 47.0. The SMILES string of the molecule is CC/C=C/C=C/C=C/CCCCCCCC(=O)OC(COC(=O)CCC/C=C/C/C=C/C/C=C/C/C=C/C/C=C/CC)COC(=O)CCCCC/C=C/CCCCCCCC. The maximum absolute atomic E-state index is 12.7. The van der Waals surface area contributed by atoms with E-state index < -0.39 is 6.10 Å². The second-order valence-electron chi connectivity index (χ2n) is 15.7. The minimum Gasteiger partial charge on any atom is -0.462 e. The van der Waals surface area contributed by atoms with Crippen molar-refractivity contribution in [2.45, 2.75) is 207 Å². The van der Waals surface area contributed by atoms with E-state index in [0.29, 0.717) is 12.8 Å². The minimum absolute atomic E-state index is 0.114. The quantitative estimate of drug-likeness (QED) is 0.0200. The molecule has 0 spiro atoms. The van der Waals surface area contributed by atoms with Crippen LogP contribution >= 0.6 is 0 Å². The van der Waals surface area contributed by atoms with Gasteiger partial charge < -0.3 is 14.2 Å². The van der Waals surface area contributed by atoms with Crippen LogP contribution in [0.3, 0.4) is 0 Å². The molecule has 0 rings (SSSR count). The molecule has 0 heterocycles. The molecule has 0 N–H and O–H groups in total. The molecule has 0 aliphatic heterocycles. The highest BCUT2D eigenvalue weighted by Gasteiger charge is 2.19. The molecule has 6 nitrogen and oxygen atoms in total. The van der Waals surface area contributed by atoms with Crippen LogP contribution in [-0.4, -0.2) is 37.2 Å². The normalized spacial score (nSPS) is 13.0. The fourth-order valence-corrected chi connectivity index (χ4v) is 6.18. The van der Waals surface area contributed by atoms with E-state index in [1.165, 1.54) is 38.5 Å². The van der Waals surface area contributed by atoms with Gasteiger partial charge in [0.05, 0.1) is 0 Å². The van der Waals surface area contributed by atoms with Crippen LogP contribution in [-0.2, 0) is 28.6 Å². The summed E-state index contributed by atoms with van der Waals surface area (Å²) in [6.45, 7) is 6.28. The van der Waals surface area contributed by atoms with Crippen LogP contribution in [0.5, 0.6) is 0 Å². The molecule has 0 bridgehead atoms. The number of rotatable bonds is 42. The van der Waals surface area contributed by atoms with Gasteiger partial charge >= 0.3 is 17.9 Å². The van der Waals surface area contributed by atoms with Gasteiger partial charge in [0.15, 0.2) is 6.10 Å². The third-order valence-corrected chi connectivity index (χ3v) is 9.80. The number of esters is 3. The van der Waals surface area contributed by atoms with Crippen molar-refractivity contribution in [3.05, 3.63) is 109 Å². The Morgan fingerprint density at radius 1 is 0.361 bits per heavy atom. The van der Waals surface area contributed by atoms with Crippen LogP contribution < -0.4 is 0 Å². The van der Waals surface area contributed by atoms with Crippen LogP contribution in [0, 0.1) is 0 Å². The van der Waals surface area contributed by atoms with Crippen LogP contribution in [0.25, 0.3) is 0 Å². The van der Waals surface area contributed by atoms with Crippen molar-refractivity contribution in [1.29, 1.82) is 0 Å². The highest BCUT2D eigenvalue weighted by atomic mass is 16.6. The molecule has 1 unspecified atom stereocenters. The number of hydrogen-bond donors (Lipinski definition) is 0. The number of carbonyl (C=O) groups is 3. The van der Waals surface area contributed by atoms with Crippen molar-refractivity contribution >= 4 is 17.9 Å². The number of hydrogen-bond acceptors (Lipinski definition) is 6. The predicted molar refractivity (Wildman–Crippen MR) is 260 cm³/mol. The van der Waals surface area contributed by atoms with Gasteiger partial charge in [0.1, 0.15) is 13.2 Å². The van der Waals surface area contributed by atoms with Gasteiger partial charge in [-0.2, -0.15) is 0 Å². The average Bonchev–Trinajstić information content (AvgIpc) is 3.26. The molecule has 1 atom stereocenters. The topological polar surface area (TPSA) is 78.9 Å². The molecule has 0 amide bonds. The second kappa shape index (κ2) is 48.7. The predicted octanol–water partition coefficient (Wildman–Crippen LogP) is 16.0. The molecule has 0 aliphatic rings. The van der Waals surface area contributed by atoms with E-state index in [2.05, 4.69) is 124 Å². The first kappa shape index (κ1) is 57.1. The monoisotopic (exact) mass is 845 g/mol. The Kier molecular flexibility index (Phi) is 45.6. The van der Waals surface area contributed by atoms with Crippen LogP contribution in [0.15, 0.2) is 109 Å². The van der Waals surface area contributed by atoms with Gasteiger partial charge in [0, 0.05) is 19.3 Å². The molecule has 61 heavy (non-hydrogen) atoms. The summed E-state index contributed by atoms with van der Waals surface area (Å²) in [5.41, 5.74) is 0. The minimum atomic E-state index is -0.818. The van der Waals surface area contributed by atoms with Gasteiger partial charge in [-0.3, -0.25) is 14.4 Å². The lowest BCUT2D eigenvalue weighted by atomic mass is 10.1. The van der Waals surface area contributed by atoms with E-state index in [1.54, 1.807) is 0 Å². The summed E-state index contributed by atoms with van der Waals surface area (Å²) in [5, 5.41) is 0. The summed E-state index contributed by atoms with van der Waals surface area (Å²) in [6.07, 6.45) is 65.0. The van der Waals surface area contributed by atoms with E-state index >= 15 is 0 Å². The lowest BCUT2D eigenvalue weighted by molar-refractivity contribution is -0.167. The van der Waals surface area contributed by atoms with Crippen molar-refractivity contribution in [2.75, 3.05) is 13.2 Å². The van der Waals surface area contributed by atoms with E-state index in [-0.39, 0.29) is 44.0 Å². The molecule has 0 radical (unpaired) electrons. The summed E-state index contributed by atoms with van der Waals surface area (Å²) < 4.78 is 16.7. The summed E-state index contributed by atoms with van der Waals surface area (Å²) in [6, 6.07) is 0. The zero-order valence-electron chi connectivity index (χ0n) is 39.1. The first-order valence-corrected chi connectivity index (χ1v) is 24.4. The largest absolute Gasteiger partial charge is 0.462 e. The molecular weight excluding hydrogens is 757 g/mol. The second-order valence-corrected chi connectivity index (χ2v) is 15.7. The van der Waals surface area contributed by atoms with E-state index in [9.17, 15) is 14.4 Å². The van der Waals surface area contributed by atoms with Gasteiger partial charge in [-0.15, -0.1) is 0 Å². The zero-order chi connectivity index (χ0) is 44.4. The maximum Gasteiger partial charge on any atom is 0.306 e. The maximum atomic E-state index is 12.7. The number of allylic oxidation sites excluding steroid dienone is 18. The molecule has 6 heteroatoms. The highest BCUT2D eigenvalue weighted by Crippen LogP contribution is 2.12. The average molecular weight is 845 g/mol. The van der Waals surface area contributed by atoms with E-state index in [0.717, 1.165) is 116 Å². The molecule has 0 aromatic rings. The summed E-state index contributed by atoms with van der Waals surface area (Å²) in [5.74, 6) is -1.02. The number of unbranched alkanes of at least 4 members (excludes halogenated alkanes) is 15. The van der Waals surface area contributed by atoms with Gasteiger partial charge in [-0.05, 0) is 103 Å². The van der Waals surface area contributed by atoms with Gasteiger partial charge in [-0.25, -0.2) is 0 Å². The van der Waals surface area contributed by atoms with Gasteiger partial charge in [-0.1, -0.05) is 188 Å².